The number of benzene rings is 1. The van der Waals surface area contributed by atoms with Crippen LogP contribution in [0.2, 0.25) is 11.3 Å². The van der Waals surface area contributed by atoms with Crippen LogP contribution in [-0.4, -0.2) is 51.8 Å². The molecule has 2 aliphatic heterocycles. The molecule has 3 aliphatic rings. The van der Waals surface area contributed by atoms with Gasteiger partial charge in [0, 0.05) is 4.88 Å². The lowest BCUT2D eigenvalue weighted by Gasteiger charge is -2.43. The highest BCUT2D eigenvalue weighted by Crippen LogP contribution is 2.50. The molecule has 3 N–H and O–H groups in total. The molecule has 0 unspecified atom stereocenters. The lowest BCUT2D eigenvalue weighted by Crippen LogP contribution is -2.46. The van der Waals surface area contributed by atoms with Crippen molar-refractivity contribution in [3.8, 4) is 5.75 Å². The van der Waals surface area contributed by atoms with Crippen LogP contribution < -0.4 is 0 Å². The molecule has 2 aromatic rings. The molecule has 0 bridgehead atoms. The maximum atomic E-state index is 13.6. The number of phenolic OH excluding ortho intramolecular Hbond substituents is 1. The van der Waals surface area contributed by atoms with Gasteiger partial charge in [-0.2, -0.15) is 0 Å². The lowest BCUT2D eigenvalue weighted by molar-refractivity contribution is -0.140. The first-order valence-corrected chi connectivity index (χ1v) is 14.3. The smallest absolute Gasteiger partial charge is 0.455 e. The molecule has 7 nitrogen and oxygen atoms in total. The number of amides is 2. The van der Waals surface area contributed by atoms with E-state index in [4.69, 9.17) is 16.3 Å². The zero-order chi connectivity index (χ0) is 27.0. The number of aliphatic hydroxyl groups is 1. The zero-order valence-electron chi connectivity index (χ0n) is 21.2. The third kappa shape index (κ3) is 5.22. The molecule has 10 heteroatoms. The van der Waals surface area contributed by atoms with Gasteiger partial charge in [-0.25, -0.2) is 0 Å². The number of aliphatic hydroxyl groups excluding tert-OH is 1. The first-order chi connectivity index (χ1) is 18.3. The van der Waals surface area contributed by atoms with Gasteiger partial charge in [-0.05, 0) is 84.3 Å². The normalized spacial score (nSPS) is 25.7. The lowest BCUT2D eigenvalue weighted by atomic mass is 9.58. The number of carbonyl (C=O) groups excluding carboxylic acids is 2. The average Bonchev–Trinajstić information content (AvgIpc) is 3.49. The second kappa shape index (κ2) is 11.4. The Labute approximate surface area is 231 Å². The number of fused-ring (bicyclic) bond motifs is 3. The van der Waals surface area contributed by atoms with E-state index in [1.54, 1.807) is 12.1 Å². The molecule has 0 saturated carbocycles. The van der Waals surface area contributed by atoms with Crippen LogP contribution >= 0.6 is 22.9 Å². The highest BCUT2D eigenvalue weighted by molar-refractivity contribution is 7.09. The molecule has 2 fully saturated rings. The molecule has 3 heterocycles. The number of halogens is 1. The molecule has 1 aromatic heterocycles. The number of thiophene rings is 1. The van der Waals surface area contributed by atoms with E-state index in [1.165, 1.54) is 22.3 Å². The minimum atomic E-state index is -1.05. The van der Waals surface area contributed by atoms with Crippen LogP contribution in [0.1, 0.15) is 43.0 Å². The van der Waals surface area contributed by atoms with Gasteiger partial charge in [0.05, 0.1) is 36.1 Å². The van der Waals surface area contributed by atoms with E-state index >= 15 is 0 Å². The van der Waals surface area contributed by atoms with Crippen LogP contribution in [0.4, 0.5) is 0 Å². The third-order valence-corrected chi connectivity index (χ3v) is 9.20. The number of phenols is 1. The Balaban J connectivity index is 1.39. The molecule has 38 heavy (non-hydrogen) atoms. The van der Waals surface area contributed by atoms with E-state index in [2.05, 4.69) is 0 Å². The molecule has 5 rings (SSSR count). The first-order valence-electron chi connectivity index (χ1n) is 13.0. The molecule has 4 atom stereocenters. The van der Waals surface area contributed by atoms with E-state index in [0.717, 1.165) is 33.6 Å². The second-order valence-electron chi connectivity index (χ2n) is 10.2. The molecule has 0 radical (unpaired) electrons. The van der Waals surface area contributed by atoms with E-state index in [9.17, 15) is 24.8 Å². The van der Waals surface area contributed by atoms with Crippen molar-refractivity contribution in [2.75, 3.05) is 6.61 Å². The van der Waals surface area contributed by atoms with Crippen LogP contribution in [-0.2, 0) is 20.8 Å². The molecule has 2 amide bonds. The Morgan fingerprint density at radius 2 is 2.08 bits per heavy atom. The van der Waals surface area contributed by atoms with Crippen molar-refractivity contribution < 1.29 is 29.5 Å². The van der Waals surface area contributed by atoms with Gasteiger partial charge < -0.3 is 19.9 Å². The van der Waals surface area contributed by atoms with Gasteiger partial charge in [-0.15, -0.1) is 11.3 Å². The Hall–Kier alpha value is -2.43. The Morgan fingerprint density at radius 3 is 2.76 bits per heavy atom. The number of hydrogen-bond acceptors (Lipinski definition) is 7. The van der Waals surface area contributed by atoms with Crippen molar-refractivity contribution >= 4 is 47.9 Å². The van der Waals surface area contributed by atoms with Gasteiger partial charge in [-0.3, -0.25) is 14.5 Å². The highest BCUT2D eigenvalue weighted by Gasteiger charge is 2.57. The van der Waals surface area contributed by atoms with Crippen molar-refractivity contribution in [3.63, 3.8) is 0 Å². The van der Waals surface area contributed by atoms with Crippen LogP contribution in [0, 0.1) is 17.8 Å². The number of nitrogens with zero attached hydrogens (tertiary/aromatic N) is 1. The monoisotopic (exact) mass is 555 g/mol. The zero-order valence-corrected chi connectivity index (χ0v) is 22.8. The number of aromatic hydroxyl groups is 1. The van der Waals surface area contributed by atoms with Crippen molar-refractivity contribution in [2.45, 2.75) is 51.6 Å². The van der Waals surface area contributed by atoms with Crippen molar-refractivity contribution in [1.29, 1.82) is 0 Å². The number of likely N-dealkylation sites (tertiary alicyclic amines) is 1. The predicted octanol–water partition coefficient (Wildman–Crippen LogP) is 4.67. The standard InChI is InChI=1S/C28H31BClNO6S/c1-2-16(10-17-6-7-19(33)12-23(17)30)5-8-24-25-18(15-32)11-21-26(22(25)13-29(36)37-24)28(35)31(27(21)34)14-20-4-3-9-38-20/h3-4,6-7,9-10,12,21-22,24,26,32-33,36H,2,5,8,11,13-15H2,1H3/b16-10+/t21-,22+,24-,26-/m1/s1. The van der Waals surface area contributed by atoms with Crippen LogP contribution in [0.5, 0.6) is 5.75 Å². The summed E-state index contributed by atoms with van der Waals surface area (Å²) in [5.41, 5.74) is 3.54. The number of rotatable bonds is 8. The average molecular weight is 556 g/mol. The van der Waals surface area contributed by atoms with Gasteiger partial charge >= 0.3 is 7.12 Å². The molecule has 1 aromatic carbocycles. The summed E-state index contributed by atoms with van der Waals surface area (Å²) in [7, 11) is -1.05. The minimum absolute atomic E-state index is 0.105. The minimum Gasteiger partial charge on any atom is -0.508 e. The number of allylic oxidation sites excluding steroid dienone is 1. The SMILES string of the molecule is CC/C(=C\c1ccc(O)cc1Cl)CC[C@H]1OB(O)C[C@H]2C1=C(CO)C[C@H]1C(=O)N(Cc3cccs3)C(=O)[C@H]12. The fourth-order valence-electron chi connectivity index (χ4n) is 6.21. The maximum absolute atomic E-state index is 13.6. The Bertz CT molecular complexity index is 1280. The van der Waals surface area contributed by atoms with Crippen molar-refractivity contribution in [1.82, 2.24) is 4.90 Å². The molecule has 2 saturated heterocycles. The third-order valence-electron chi connectivity index (χ3n) is 8.01. The molecular weight excluding hydrogens is 525 g/mol. The first kappa shape index (κ1) is 27.2. The topological polar surface area (TPSA) is 107 Å². The molecule has 1 aliphatic carbocycles. The van der Waals surface area contributed by atoms with Gasteiger partial charge in [0.15, 0.2) is 0 Å². The molecule has 0 spiro atoms. The number of carbonyl (C=O) groups is 2. The highest BCUT2D eigenvalue weighted by atomic mass is 35.5. The van der Waals surface area contributed by atoms with Crippen LogP contribution in [0.3, 0.4) is 0 Å². The van der Waals surface area contributed by atoms with E-state index in [-0.39, 0.29) is 43.0 Å². The molecular formula is C28H31BClNO6S. The summed E-state index contributed by atoms with van der Waals surface area (Å²) < 4.78 is 5.99. The van der Waals surface area contributed by atoms with Gasteiger partial charge in [0.25, 0.3) is 0 Å². The maximum Gasteiger partial charge on any atom is 0.455 e. The summed E-state index contributed by atoms with van der Waals surface area (Å²) in [6.07, 6.45) is 4.07. The van der Waals surface area contributed by atoms with Crippen molar-refractivity contribution in [3.05, 3.63) is 67.9 Å². The Morgan fingerprint density at radius 1 is 1.26 bits per heavy atom. The predicted molar refractivity (Wildman–Crippen MR) is 147 cm³/mol. The van der Waals surface area contributed by atoms with Crippen LogP contribution in [0.15, 0.2) is 52.4 Å². The number of imide groups is 1. The van der Waals surface area contributed by atoms with Gasteiger partial charge in [0.2, 0.25) is 11.8 Å². The quantitative estimate of drug-likeness (QED) is 0.248. The van der Waals surface area contributed by atoms with E-state index < -0.39 is 25.1 Å². The summed E-state index contributed by atoms with van der Waals surface area (Å²) in [4.78, 5) is 29.2. The summed E-state index contributed by atoms with van der Waals surface area (Å²) >= 11 is 7.81. The van der Waals surface area contributed by atoms with Gasteiger partial charge in [-0.1, -0.05) is 36.2 Å². The summed E-state index contributed by atoms with van der Waals surface area (Å²) in [5.74, 6) is -1.71. The van der Waals surface area contributed by atoms with E-state index in [1.807, 2.05) is 30.5 Å². The largest absolute Gasteiger partial charge is 0.508 e. The summed E-state index contributed by atoms with van der Waals surface area (Å²) in [6, 6.07) is 8.67. The molecule has 200 valence electrons. The fraction of sp³-hybridized carbons (Fsp3) is 0.429. The summed E-state index contributed by atoms with van der Waals surface area (Å²) in [6.45, 7) is 2.09. The second-order valence-corrected chi connectivity index (χ2v) is 11.7. The van der Waals surface area contributed by atoms with Crippen LogP contribution in [0.25, 0.3) is 6.08 Å². The fourth-order valence-corrected chi connectivity index (χ4v) is 7.13. The number of hydrogen-bond donors (Lipinski definition) is 3. The Kier molecular flexibility index (Phi) is 8.12. The van der Waals surface area contributed by atoms with Gasteiger partial charge in [0.1, 0.15) is 5.75 Å². The summed E-state index contributed by atoms with van der Waals surface area (Å²) in [5, 5.41) is 33.0. The van der Waals surface area contributed by atoms with Crippen molar-refractivity contribution in [2.24, 2.45) is 17.8 Å². The van der Waals surface area contributed by atoms with E-state index in [0.29, 0.717) is 24.3 Å².